The maximum atomic E-state index is 12.0. The number of nitro benzene ring substituents is 1. The first kappa shape index (κ1) is 17.4. The maximum absolute atomic E-state index is 12.0. The number of hydrogen-bond acceptors (Lipinski definition) is 5. The highest BCUT2D eigenvalue weighted by Gasteiger charge is 2.18. The normalized spacial score (nSPS) is 12.5. The molecule has 0 unspecified atom stereocenters. The second kappa shape index (κ2) is 7.56. The van der Waals surface area contributed by atoms with Gasteiger partial charge in [0.05, 0.1) is 10.8 Å². The van der Waals surface area contributed by atoms with Gasteiger partial charge in [-0.1, -0.05) is 28.9 Å². The highest BCUT2D eigenvalue weighted by atomic mass is 35.5. The first-order chi connectivity index (χ1) is 11.4. The molecule has 0 aliphatic carbocycles. The van der Waals surface area contributed by atoms with E-state index in [0.29, 0.717) is 16.1 Å². The average Bonchev–Trinajstić information content (AvgIpc) is 2.59. The molecule has 7 nitrogen and oxygen atoms in total. The first-order valence-electron chi connectivity index (χ1n) is 6.93. The number of carbonyl (C=O) groups excluding carboxylic acids is 1. The number of hydrogen-bond donors (Lipinski definition) is 1. The Morgan fingerprint density at radius 2 is 1.79 bits per heavy atom. The molecule has 0 amide bonds. The molecule has 0 fully saturated rings. The van der Waals surface area contributed by atoms with Gasteiger partial charge in [0.1, 0.15) is 0 Å². The molecule has 0 radical (unpaired) electrons. The van der Waals surface area contributed by atoms with Crippen LogP contribution < -0.4 is 5.73 Å². The van der Waals surface area contributed by atoms with Crippen LogP contribution in [0.15, 0.2) is 53.7 Å². The second-order valence-corrected chi connectivity index (χ2v) is 5.40. The van der Waals surface area contributed by atoms with Crippen molar-refractivity contribution in [2.45, 2.75) is 12.8 Å². The van der Waals surface area contributed by atoms with Gasteiger partial charge in [0.2, 0.25) is 0 Å². The molecule has 0 aromatic heterocycles. The van der Waals surface area contributed by atoms with Crippen molar-refractivity contribution in [2.24, 2.45) is 10.9 Å². The fourth-order valence-corrected chi connectivity index (χ4v) is 1.99. The Bertz CT molecular complexity index is 773. The summed E-state index contributed by atoms with van der Waals surface area (Å²) in [6.07, 6.45) is 0. The van der Waals surface area contributed by atoms with E-state index in [2.05, 4.69) is 5.16 Å². The van der Waals surface area contributed by atoms with Crippen molar-refractivity contribution in [1.29, 1.82) is 0 Å². The van der Waals surface area contributed by atoms with E-state index in [1.807, 2.05) is 0 Å². The molecule has 0 aliphatic rings. The molecular weight excluding hydrogens is 334 g/mol. The van der Waals surface area contributed by atoms with Crippen LogP contribution in [0.5, 0.6) is 0 Å². The Morgan fingerprint density at radius 3 is 2.33 bits per heavy atom. The lowest BCUT2D eigenvalue weighted by atomic mass is 10.0. The molecule has 24 heavy (non-hydrogen) atoms. The summed E-state index contributed by atoms with van der Waals surface area (Å²) < 4.78 is 0. The van der Waals surface area contributed by atoms with Gasteiger partial charge in [-0.15, -0.1) is 0 Å². The van der Waals surface area contributed by atoms with Gasteiger partial charge >= 0.3 is 5.97 Å². The fraction of sp³-hybridized carbons (Fsp3) is 0.125. The van der Waals surface area contributed by atoms with Gasteiger partial charge < -0.3 is 10.6 Å². The number of amidine groups is 1. The van der Waals surface area contributed by atoms with E-state index < -0.39 is 16.8 Å². The summed E-state index contributed by atoms with van der Waals surface area (Å²) in [5.74, 6) is -1.23. The van der Waals surface area contributed by atoms with Crippen molar-refractivity contribution >= 4 is 29.1 Å². The molecule has 0 aliphatic heterocycles. The van der Waals surface area contributed by atoms with E-state index in [0.717, 1.165) is 0 Å². The minimum absolute atomic E-state index is 0.0379. The molecule has 2 aromatic carbocycles. The fourth-order valence-electron chi connectivity index (χ4n) is 1.87. The first-order valence-corrected chi connectivity index (χ1v) is 7.31. The van der Waals surface area contributed by atoms with Crippen LogP contribution in [0, 0.1) is 10.1 Å². The number of carbonyl (C=O) groups is 1. The van der Waals surface area contributed by atoms with Crippen LogP contribution >= 0.6 is 11.6 Å². The van der Waals surface area contributed by atoms with Gasteiger partial charge in [0.25, 0.3) is 5.69 Å². The van der Waals surface area contributed by atoms with Crippen molar-refractivity contribution in [3.8, 4) is 0 Å². The zero-order valence-electron chi connectivity index (χ0n) is 12.7. The summed E-state index contributed by atoms with van der Waals surface area (Å²) in [7, 11) is 0. The SMILES string of the molecule is C[C@H](C(=O)O/N=C(/N)c1ccc(Cl)cc1)c1ccc([N+](=O)[O-])cc1. The quantitative estimate of drug-likeness (QED) is 0.294. The average molecular weight is 348 g/mol. The van der Waals surface area contributed by atoms with Gasteiger partial charge in [-0.3, -0.25) is 10.1 Å². The predicted molar refractivity (Wildman–Crippen MR) is 89.8 cm³/mol. The lowest BCUT2D eigenvalue weighted by molar-refractivity contribution is -0.384. The van der Waals surface area contributed by atoms with E-state index >= 15 is 0 Å². The summed E-state index contributed by atoms with van der Waals surface area (Å²) in [4.78, 5) is 27.0. The molecule has 1 atom stereocenters. The standard InChI is InChI=1S/C16H14ClN3O4/c1-10(11-4-8-14(9-5-11)20(22)23)16(21)24-19-15(18)12-2-6-13(17)7-3-12/h2-10H,1H3,(H2,18,19)/t10-/m0/s1. The van der Waals surface area contributed by atoms with Gasteiger partial charge in [-0.2, -0.15) is 0 Å². The molecule has 2 N–H and O–H groups in total. The number of nitrogens with two attached hydrogens (primary N) is 1. The largest absolute Gasteiger partial charge is 0.380 e. The zero-order valence-corrected chi connectivity index (χ0v) is 13.4. The molecule has 0 heterocycles. The van der Waals surface area contributed by atoms with E-state index in [9.17, 15) is 14.9 Å². The molecule has 8 heteroatoms. The van der Waals surface area contributed by atoms with Crippen molar-refractivity contribution in [3.05, 3.63) is 74.8 Å². The van der Waals surface area contributed by atoms with Crippen molar-refractivity contribution in [2.75, 3.05) is 0 Å². The van der Waals surface area contributed by atoms with E-state index in [1.54, 1.807) is 31.2 Å². The molecule has 0 saturated heterocycles. The van der Waals surface area contributed by atoms with Crippen molar-refractivity contribution in [1.82, 2.24) is 0 Å². The summed E-state index contributed by atoms with van der Waals surface area (Å²) in [5.41, 5.74) is 6.83. The highest BCUT2D eigenvalue weighted by Crippen LogP contribution is 2.20. The number of nitrogens with zero attached hydrogens (tertiary/aromatic N) is 2. The molecular formula is C16H14ClN3O4. The number of halogens is 1. The van der Waals surface area contributed by atoms with Crippen LogP contribution in [-0.4, -0.2) is 16.7 Å². The van der Waals surface area contributed by atoms with Gasteiger partial charge in [-0.25, -0.2) is 4.79 Å². The Labute approximate surface area is 142 Å². The molecule has 2 rings (SSSR count). The van der Waals surface area contributed by atoms with Crippen molar-refractivity contribution < 1.29 is 14.6 Å². The third-order valence-corrected chi connectivity index (χ3v) is 3.58. The molecule has 124 valence electrons. The van der Waals surface area contributed by atoms with E-state index in [-0.39, 0.29) is 11.5 Å². The highest BCUT2D eigenvalue weighted by molar-refractivity contribution is 6.30. The molecule has 0 bridgehead atoms. The third kappa shape index (κ3) is 4.30. The monoisotopic (exact) mass is 347 g/mol. The van der Waals surface area contributed by atoms with Crippen LogP contribution in [0.4, 0.5) is 5.69 Å². The topological polar surface area (TPSA) is 108 Å². The number of oxime groups is 1. The van der Waals surface area contributed by atoms with E-state index in [4.69, 9.17) is 22.2 Å². The Morgan fingerprint density at radius 1 is 1.21 bits per heavy atom. The van der Waals surface area contributed by atoms with E-state index in [1.165, 1.54) is 24.3 Å². The van der Waals surface area contributed by atoms with Gasteiger partial charge in [0.15, 0.2) is 5.84 Å². The zero-order chi connectivity index (χ0) is 17.7. The third-order valence-electron chi connectivity index (χ3n) is 3.33. The van der Waals surface area contributed by atoms with Crippen LogP contribution in [0.3, 0.4) is 0 Å². The Balaban J connectivity index is 2.04. The van der Waals surface area contributed by atoms with Crippen molar-refractivity contribution in [3.63, 3.8) is 0 Å². The van der Waals surface area contributed by atoms with Gasteiger partial charge in [-0.05, 0) is 36.8 Å². The lowest BCUT2D eigenvalue weighted by Crippen LogP contribution is -2.17. The van der Waals surface area contributed by atoms with Crippen LogP contribution in [0.25, 0.3) is 0 Å². The number of rotatable bonds is 5. The lowest BCUT2D eigenvalue weighted by Gasteiger charge is -2.08. The summed E-state index contributed by atoms with van der Waals surface area (Å²) in [5, 5.41) is 14.8. The summed E-state index contributed by atoms with van der Waals surface area (Å²) in [6.45, 7) is 1.61. The Kier molecular flexibility index (Phi) is 5.49. The second-order valence-electron chi connectivity index (χ2n) is 4.96. The predicted octanol–water partition coefficient (Wildman–Crippen LogP) is 3.22. The van der Waals surface area contributed by atoms with Crippen LogP contribution in [-0.2, 0) is 9.63 Å². The minimum atomic E-state index is -0.646. The smallest absolute Gasteiger partial charge is 0.342 e. The maximum Gasteiger partial charge on any atom is 0.342 e. The number of non-ortho nitro benzene ring substituents is 1. The van der Waals surface area contributed by atoms with Crippen LogP contribution in [0.1, 0.15) is 24.0 Å². The summed E-state index contributed by atoms with van der Waals surface area (Å²) >= 11 is 5.78. The van der Waals surface area contributed by atoms with Gasteiger partial charge in [0, 0.05) is 22.7 Å². The minimum Gasteiger partial charge on any atom is -0.380 e. The van der Waals surface area contributed by atoms with Crippen LogP contribution in [0.2, 0.25) is 5.02 Å². The number of benzene rings is 2. The molecule has 0 spiro atoms. The molecule has 0 saturated carbocycles. The molecule has 2 aromatic rings. The number of nitro groups is 1. The Hall–Kier alpha value is -2.93. The summed E-state index contributed by atoms with van der Waals surface area (Å²) in [6, 6.07) is 12.2.